The summed E-state index contributed by atoms with van der Waals surface area (Å²) in [6.07, 6.45) is -4.52. The standard InChI is InChI=1S/C31H27BrClF3N4O5/c1-18-13-23(44-2)7-3-20(18)15-37-28(41)27-26-16-38(29(42)19-4-10-24(32)25(33)14-19)11-12-39(26)30(43)40(27)21-5-8-22(9-6-21)45-17-31(34,35)36/h3-10,13-14H,11-12,15-17H2,1-2H3,(H,37,41). The van der Waals surface area contributed by atoms with Gasteiger partial charge < -0.3 is 19.7 Å². The molecule has 0 atom stereocenters. The maximum Gasteiger partial charge on any atom is 0.422 e. The van der Waals surface area contributed by atoms with Crippen LogP contribution in [0.5, 0.6) is 11.5 Å². The smallest absolute Gasteiger partial charge is 0.422 e. The Labute approximate surface area is 269 Å². The second-order valence-corrected chi connectivity index (χ2v) is 11.6. The molecule has 1 N–H and O–H groups in total. The highest BCUT2D eigenvalue weighted by atomic mass is 79.9. The molecule has 9 nitrogen and oxygen atoms in total. The van der Waals surface area contributed by atoms with E-state index in [0.717, 1.165) is 11.1 Å². The molecule has 0 aliphatic carbocycles. The van der Waals surface area contributed by atoms with E-state index >= 15 is 0 Å². The van der Waals surface area contributed by atoms with Crippen LogP contribution in [0.25, 0.3) is 5.69 Å². The van der Waals surface area contributed by atoms with E-state index < -0.39 is 24.4 Å². The van der Waals surface area contributed by atoms with Crippen molar-refractivity contribution < 1.29 is 32.2 Å². The van der Waals surface area contributed by atoms with E-state index in [2.05, 4.69) is 21.2 Å². The van der Waals surface area contributed by atoms with E-state index in [4.69, 9.17) is 21.1 Å². The Balaban J connectivity index is 1.50. The summed E-state index contributed by atoms with van der Waals surface area (Å²) in [6.45, 7) is 0.796. The summed E-state index contributed by atoms with van der Waals surface area (Å²) < 4.78 is 51.2. The fourth-order valence-electron chi connectivity index (χ4n) is 5.03. The van der Waals surface area contributed by atoms with Crippen molar-refractivity contribution in [3.8, 4) is 17.2 Å². The molecule has 14 heteroatoms. The second kappa shape index (κ2) is 13.0. The van der Waals surface area contributed by atoms with Gasteiger partial charge in [0.25, 0.3) is 11.8 Å². The first-order valence-electron chi connectivity index (χ1n) is 13.7. The number of rotatable bonds is 8. The van der Waals surface area contributed by atoms with Crippen molar-refractivity contribution in [3.05, 3.63) is 109 Å². The summed E-state index contributed by atoms with van der Waals surface area (Å²) in [6, 6.07) is 15.6. The zero-order valence-electron chi connectivity index (χ0n) is 24.1. The number of aromatic nitrogens is 2. The van der Waals surface area contributed by atoms with Crippen molar-refractivity contribution in [2.75, 3.05) is 20.3 Å². The molecule has 3 aromatic carbocycles. The normalized spacial score (nSPS) is 12.9. The summed E-state index contributed by atoms with van der Waals surface area (Å²) in [5, 5.41) is 3.24. The number of nitrogens with one attached hydrogen (secondary N) is 1. The Hall–Kier alpha value is -4.23. The van der Waals surface area contributed by atoms with Crippen LogP contribution in [0.3, 0.4) is 0 Å². The number of carbonyl (C=O) groups excluding carboxylic acids is 2. The average molecular weight is 708 g/mol. The minimum absolute atomic E-state index is 0.00135. The molecule has 236 valence electrons. The van der Waals surface area contributed by atoms with E-state index in [1.807, 2.05) is 19.1 Å². The quantitative estimate of drug-likeness (QED) is 0.246. The molecule has 0 unspecified atom stereocenters. The Kier molecular flexibility index (Phi) is 9.31. The molecule has 0 spiro atoms. The molecule has 0 bridgehead atoms. The van der Waals surface area contributed by atoms with E-state index in [9.17, 15) is 27.6 Å². The lowest BCUT2D eigenvalue weighted by molar-refractivity contribution is -0.153. The van der Waals surface area contributed by atoms with Crippen LogP contribution in [0.2, 0.25) is 5.02 Å². The number of imidazole rings is 1. The molecular weight excluding hydrogens is 681 g/mol. The van der Waals surface area contributed by atoms with Gasteiger partial charge >= 0.3 is 11.9 Å². The molecule has 1 aliphatic rings. The van der Waals surface area contributed by atoms with Gasteiger partial charge in [-0.3, -0.25) is 18.7 Å². The highest BCUT2D eigenvalue weighted by Crippen LogP contribution is 2.27. The van der Waals surface area contributed by atoms with E-state index in [1.165, 1.54) is 44.4 Å². The zero-order chi connectivity index (χ0) is 32.5. The molecule has 1 aliphatic heterocycles. The van der Waals surface area contributed by atoms with Crippen molar-refractivity contribution in [2.45, 2.75) is 32.7 Å². The number of benzene rings is 3. The minimum Gasteiger partial charge on any atom is -0.497 e. The number of carbonyl (C=O) groups is 2. The zero-order valence-corrected chi connectivity index (χ0v) is 26.4. The van der Waals surface area contributed by atoms with Gasteiger partial charge in [-0.05, 0) is 88.6 Å². The van der Waals surface area contributed by atoms with Crippen LogP contribution in [-0.2, 0) is 19.6 Å². The maximum atomic E-state index is 13.9. The van der Waals surface area contributed by atoms with E-state index in [-0.39, 0.29) is 49.2 Å². The van der Waals surface area contributed by atoms with Crippen molar-refractivity contribution in [1.82, 2.24) is 19.4 Å². The Bertz CT molecular complexity index is 1820. The first-order valence-corrected chi connectivity index (χ1v) is 14.8. The predicted octanol–water partition coefficient (Wildman–Crippen LogP) is 5.90. The third kappa shape index (κ3) is 7.04. The van der Waals surface area contributed by atoms with Crippen molar-refractivity contribution in [3.63, 3.8) is 0 Å². The molecule has 0 saturated carbocycles. The highest BCUT2D eigenvalue weighted by molar-refractivity contribution is 9.10. The van der Waals surface area contributed by atoms with Crippen molar-refractivity contribution in [1.29, 1.82) is 0 Å². The average Bonchev–Trinajstić information content (AvgIpc) is 3.31. The fraction of sp³-hybridized carbons (Fsp3) is 0.258. The van der Waals surface area contributed by atoms with E-state index in [1.54, 1.807) is 25.3 Å². The molecular formula is C31H27BrClF3N4O5. The van der Waals surface area contributed by atoms with E-state index in [0.29, 0.717) is 26.5 Å². The van der Waals surface area contributed by atoms with Crippen LogP contribution in [0, 0.1) is 6.92 Å². The fourth-order valence-corrected chi connectivity index (χ4v) is 5.45. The SMILES string of the molecule is COc1ccc(CNC(=O)c2c3n(c(=O)n2-c2ccc(OCC(F)(F)F)cc2)CCN(C(=O)c2ccc(Br)c(Cl)c2)C3)c(C)c1. The highest BCUT2D eigenvalue weighted by Gasteiger charge is 2.32. The lowest BCUT2D eigenvalue weighted by atomic mass is 10.1. The molecule has 0 radical (unpaired) electrons. The number of aryl methyl sites for hydroxylation is 1. The third-order valence-electron chi connectivity index (χ3n) is 7.33. The van der Waals surface area contributed by atoms with Crippen LogP contribution < -0.4 is 20.5 Å². The Morgan fingerprint density at radius 3 is 2.38 bits per heavy atom. The van der Waals surface area contributed by atoms with Gasteiger partial charge in [0, 0.05) is 29.7 Å². The molecule has 0 fully saturated rings. The van der Waals surface area contributed by atoms with Crippen LogP contribution in [0.4, 0.5) is 13.2 Å². The number of hydrogen-bond acceptors (Lipinski definition) is 5. The van der Waals surface area contributed by atoms with Gasteiger partial charge in [-0.15, -0.1) is 0 Å². The summed E-state index contributed by atoms with van der Waals surface area (Å²) in [4.78, 5) is 42.6. The van der Waals surface area contributed by atoms with Crippen LogP contribution >= 0.6 is 27.5 Å². The predicted molar refractivity (Wildman–Crippen MR) is 164 cm³/mol. The van der Waals surface area contributed by atoms with Gasteiger partial charge in [0.05, 0.1) is 30.1 Å². The van der Waals surface area contributed by atoms with Crippen molar-refractivity contribution >= 4 is 39.3 Å². The summed E-state index contributed by atoms with van der Waals surface area (Å²) >= 11 is 9.52. The number of alkyl halides is 3. The van der Waals surface area contributed by atoms with Gasteiger partial charge in [-0.2, -0.15) is 13.2 Å². The van der Waals surface area contributed by atoms with Crippen LogP contribution in [-0.4, -0.2) is 52.3 Å². The van der Waals surface area contributed by atoms with Gasteiger partial charge in [-0.25, -0.2) is 4.79 Å². The van der Waals surface area contributed by atoms with Gasteiger partial charge in [-0.1, -0.05) is 17.7 Å². The largest absolute Gasteiger partial charge is 0.497 e. The molecule has 4 aromatic rings. The monoisotopic (exact) mass is 706 g/mol. The number of hydrogen-bond donors (Lipinski definition) is 1. The number of fused-ring (bicyclic) bond motifs is 1. The topological polar surface area (TPSA) is 94.8 Å². The third-order valence-corrected chi connectivity index (χ3v) is 8.57. The number of halogens is 5. The first kappa shape index (κ1) is 32.2. The molecule has 1 aromatic heterocycles. The lowest BCUT2D eigenvalue weighted by Gasteiger charge is -2.28. The lowest BCUT2D eigenvalue weighted by Crippen LogP contribution is -2.41. The Morgan fingerprint density at radius 1 is 1.02 bits per heavy atom. The second-order valence-electron chi connectivity index (χ2n) is 10.3. The number of methoxy groups -OCH3 is 1. The molecule has 2 heterocycles. The molecule has 2 amide bonds. The minimum atomic E-state index is -4.52. The number of nitrogens with zero attached hydrogens (tertiary/aromatic N) is 3. The molecule has 5 rings (SSSR count). The van der Waals surface area contributed by atoms with Gasteiger partial charge in [0.1, 0.15) is 17.2 Å². The molecule has 45 heavy (non-hydrogen) atoms. The van der Waals surface area contributed by atoms with Crippen LogP contribution in [0.15, 0.2) is 69.9 Å². The van der Waals surface area contributed by atoms with Gasteiger partial charge in [0.15, 0.2) is 6.61 Å². The van der Waals surface area contributed by atoms with Gasteiger partial charge in [0.2, 0.25) is 0 Å². The van der Waals surface area contributed by atoms with Crippen molar-refractivity contribution in [2.24, 2.45) is 0 Å². The summed E-state index contributed by atoms with van der Waals surface area (Å²) in [7, 11) is 1.56. The summed E-state index contributed by atoms with van der Waals surface area (Å²) in [5.41, 5.74) is 2.06. The maximum absolute atomic E-state index is 13.9. The number of ether oxygens (including phenoxy) is 2. The summed E-state index contributed by atoms with van der Waals surface area (Å²) in [5.74, 6) is -0.298. The number of amides is 2. The Morgan fingerprint density at radius 2 is 1.73 bits per heavy atom. The molecule has 0 saturated heterocycles. The first-order chi connectivity index (χ1) is 21.4. The van der Waals surface area contributed by atoms with Crippen LogP contribution in [0.1, 0.15) is 37.7 Å².